The molecular formula is C53H36N2. The molecule has 258 valence electrons. The van der Waals surface area contributed by atoms with Gasteiger partial charge in [-0.25, -0.2) is 4.98 Å². The summed E-state index contributed by atoms with van der Waals surface area (Å²) in [5.41, 5.74) is 14.5. The third kappa shape index (κ3) is 5.14. The number of fused-ring (bicyclic) bond motifs is 5. The van der Waals surface area contributed by atoms with Crippen molar-refractivity contribution in [3.05, 3.63) is 199 Å². The summed E-state index contributed by atoms with van der Waals surface area (Å²) in [6, 6.07) is 66.4. The first-order valence-electron chi connectivity index (χ1n) is 19.2. The number of hydrogen-bond acceptors (Lipinski definition) is 1. The highest BCUT2D eigenvalue weighted by Crippen LogP contribution is 2.48. The van der Waals surface area contributed by atoms with Crippen LogP contribution in [0.25, 0.3) is 99.9 Å². The Labute approximate surface area is 320 Å². The first-order valence-corrected chi connectivity index (χ1v) is 19.2. The van der Waals surface area contributed by atoms with Gasteiger partial charge in [0, 0.05) is 11.3 Å². The molecule has 0 unspecified atom stereocenters. The third-order valence-corrected chi connectivity index (χ3v) is 11.5. The number of aromatic nitrogens is 2. The van der Waals surface area contributed by atoms with E-state index in [9.17, 15) is 0 Å². The smallest absolute Gasteiger partial charge is 0.145 e. The van der Waals surface area contributed by atoms with Gasteiger partial charge in [-0.2, -0.15) is 0 Å². The third-order valence-electron chi connectivity index (χ3n) is 11.5. The van der Waals surface area contributed by atoms with E-state index in [0.717, 1.165) is 41.0 Å². The van der Waals surface area contributed by atoms with E-state index < -0.39 is 0 Å². The molecular weight excluding hydrogens is 665 g/mol. The predicted octanol–water partition coefficient (Wildman–Crippen LogP) is 14.1. The molecule has 0 amide bonds. The highest BCUT2D eigenvalue weighted by Gasteiger charge is 2.21. The van der Waals surface area contributed by atoms with Gasteiger partial charge < -0.3 is 0 Å². The molecule has 11 rings (SSSR count). The number of imidazole rings is 1. The molecule has 0 aliphatic heterocycles. The minimum absolute atomic E-state index is 0.937. The Kier molecular flexibility index (Phi) is 7.34. The predicted molar refractivity (Wildman–Crippen MR) is 233 cm³/mol. The summed E-state index contributed by atoms with van der Waals surface area (Å²) < 4.78 is 2.26. The van der Waals surface area contributed by atoms with Gasteiger partial charge in [-0.3, -0.25) is 4.57 Å². The lowest BCUT2D eigenvalue weighted by atomic mass is 9.81. The maximum atomic E-state index is 5.13. The number of hydrogen-bond donors (Lipinski definition) is 0. The van der Waals surface area contributed by atoms with Gasteiger partial charge in [0.15, 0.2) is 0 Å². The second-order valence-corrected chi connectivity index (χ2v) is 14.6. The number of nitrogens with zero attached hydrogens (tertiary/aromatic N) is 2. The monoisotopic (exact) mass is 700 g/mol. The van der Waals surface area contributed by atoms with Crippen molar-refractivity contribution in [1.29, 1.82) is 0 Å². The fraction of sp³-hybridized carbons (Fsp3) is 0.0377. The number of rotatable bonds is 5. The van der Waals surface area contributed by atoms with Crippen molar-refractivity contribution in [2.24, 2.45) is 0 Å². The fourth-order valence-electron chi connectivity index (χ4n) is 8.94. The molecule has 0 saturated carbocycles. The van der Waals surface area contributed by atoms with Crippen LogP contribution in [0.3, 0.4) is 0 Å². The molecule has 2 heteroatoms. The maximum Gasteiger partial charge on any atom is 0.145 e. The van der Waals surface area contributed by atoms with Gasteiger partial charge in [0.05, 0.1) is 11.0 Å². The SMILES string of the molecule is C1=Cc2c(cccc2-c2c3ccccc3c(-c3cccc4ccccc34)c3cc(-c4ccc(-c5nc6ccccc6n5-c5ccccc5)cc4)ccc23)CC1. The average Bonchev–Trinajstić information content (AvgIpc) is 3.65. The van der Waals surface area contributed by atoms with Crippen LogP contribution in [0.15, 0.2) is 188 Å². The molecule has 0 atom stereocenters. The molecule has 1 aromatic heterocycles. The highest BCUT2D eigenvalue weighted by atomic mass is 15.1. The van der Waals surface area contributed by atoms with Crippen LogP contribution in [-0.4, -0.2) is 9.55 Å². The molecule has 9 aromatic carbocycles. The molecule has 0 saturated heterocycles. The first kappa shape index (κ1) is 31.5. The second kappa shape index (κ2) is 12.8. The Hall–Kier alpha value is -7.03. The van der Waals surface area contributed by atoms with Gasteiger partial charge >= 0.3 is 0 Å². The molecule has 0 bridgehead atoms. The number of para-hydroxylation sites is 3. The molecule has 1 aliphatic rings. The molecule has 10 aromatic rings. The minimum atomic E-state index is 0.937. The van der Waals surface area contributed by atoms with Gasteiger partial charge in [-0.05, 0) is 120 Å². The first-order chi connectivity index (χ1) is 27.3. The van der Waals surface area contributed by atoms with Crippen LogP contribution in [0.4, 0.5) is 0 Å². The van der Waals surface area contributed by atoms with E-state index in [1.807, 2.05) is 0 Å². The Morgan fingerprint density at radius 1 is 0.455 bits per heavy atom. The Bertz CT molecular complexity index is 3120. The van der Waals surface area contributed by atoms with Crippen molar-refractivity contribution >= 4 is 49.4 Å². The number of aryl methyl sites for hydroxylation is 1. The zero-order valence-electron chi connectivity index (χ0n) is 30.3. The molecule has 0 radical (unpaired) electrons. The minimum Gasteiger partial charge on any atom is -0.292 e. The quantitative estimate of drug-likeness (QED) is 0.163. The summed E-state index contributed by atoms with van der Waals surface area (Å²) in [4.78, 5) is 5.13. The maximum absolute atomic E-state index is 5.13. The number of allylic oxidation sites excluding steroid dienone is 1. The molecule has 1 heterocycles. The van der Waals surface area contributed by atoms with Crippen LogP contribution in [0, 0.1) is 0 Å². The second-order valence-electron chi connectivity index (χ2n) is 14.6. The lowest BCUT2D eigenvalue weighted by molar-refractivity contribution is 0.987. The summed E-state index contributed by atoms with van der Waals surface area (Å²) in [6.07, 6.45) is 6.84. The van der Waals surface area contributed by atoms with Crippen LogP contribution < -0.4 is 0 Å². The zero-order chi connectivity index (χ0) is 36.3. The van der Waals surface area contributed by atoms with Crippen LogP contribution in [-0.2, 0) is 6.42 Å². The van der Waals surface area contributed by atoms with Gasteiger partial charge in [-0.15, -0.1) is 0 Å². The summed E-state index contributed by atoms with van der Waals surface area (Å²) >= 11 is 0. The van der Waals surface area contributed by atoms with E-state index >= 15 is 0 Å². The van der Waals surface area contributed by atoms with E-state index in [2.05, 4.69) is 199 Å². The molecule has 1 aliphatic carbocycles. The standard InChI is InChI=1S/C53H36N2/c1-2-18-40(19-3-1)55-50-27-11-10-26-49(50)54-53(55)38-30-28-35(29-31-38)39-32-33-47-48(34-39)52(44-25-13-17-37-15-5-7-21-42(37)44)46-23-9-8-22-45(46)51(47)43-24-12-16-36-14-4-6-20-41(36)43/h1-3,5-13,15-34H,4,14H2. The normalized spacial score (nSPS) is 12.5. The van der Waals surface area contributed by atoms with Crippen LogP contribution >= 0.6 is 0 Å². The van der Waals surface area contributed by atoms with Gasteiger partial charge in [0.2, 0.25) is 0 Å². The largest absolute Gasteiger partial charge is 0.292 e. The van der Waals surface area contributed by atoms with Crippen molar-refractivity contribution in [1.82, 2.24) is 9.55 Å². The zero-order valence-corrected chi connectivity index (χ0v) is 30.3. The van der Waals surface area contributed by atoms with Crippen LogP contribution in [0.2, 0.25) is 0 Å². The van der Waals surface area contributed by atoms with E-state index in [0.29, 0.717) is 0 Å². The van der Waals surface area contributed by atoms with Crippen LogP contribution in [0.1, 0.15) is 17.5 Å². The van der Waals surface area contributed by atoms with Crippen molar-refractivity contribution in [3.8, 4) is 50.5 Å². The summed E-state index contributed by atoms with van der Waals surface area (Å²) in [5, 5.41) is 7.59. The molecule has 2 nitrogen and oxygen atoms in total. The van der Waals surface area contributed by atoms with Crippen molar-refractivity contribution < 1.29 is 0 Å². The van der Waals surface area contributed by atoms with Crippen molar-refractivity contribution in [2.75, 3.05) is 0 Å². The highest BCUT2D eigenvalue weighted by molar-refractivity contribution is 6.24. The summed E-state index contributed by atoms with van der Waals surface area (Å²) in [7, 11) is 0. The Balaban J connectivity index is 1.15. The van der Waals surface area contributed by atoms with Gasteiger partial charge in [0.1, 0.15) is 5.82 Å². The summed E-state index contributed by atoms with van der Waals surface area (Å²) in [5.74, 6) is 0.937. The van der Waals surface area contributed by atoms with Crippen LogP contribution in [0.5, 0.6) is 0 Å². The molecule has 55 heavy (non-hydrogen) atoms. The molecule has 0 N–H and O–H groups in total. The Morgan fingerprint density at radius 2 is 1.09 bits per heavy atom. The Morgan fingerprint density at radius 3 is 1.95 bits per heavy atom. The number of benzene rings is 9. The average molecular weight is 701 g/mol. The van der Waals surface area contributed by atoms with Gasteiger partial charge in [-0.1, -0.05) is 164 Å². The van der Waals surface area contributed by atoms with E-state index in [-0.39, 0.29) is 0 Å². The lowest BCUT2D eigenvalue weighted by Crippen LogP contribution is -1.98. The fourth-order valence-corrected chi connectivity index (χ4v) is 8.94. The lowest BCUT2D eigenvalue weighted by Gasteiger charge is -2.22. The topological polar surface area (TPSA) is 17.8 Å². The molecule has 0 fully saturated rings. The van der Waals surface area contributed by atoms with Crippen molar-refractivity contribution in [2.45, 2.75) is 12.8 Å². The van der Waals surface area contributed by atoms with E-state index in [1.165, 1.54) is 76.8 Å². The van der Waals surface area contributed by atoms with E-state index in [1.54, 1.807) is 0 Å². The van der Waals surface area contributed by atoms with E-state index in [4.69, 9.17) is 4.98 Å². The molecule has 0 spiro atoms. The van der Waals surface area contributed by atoms with Crippen molar-refractivity contribution in [3.63, 3.8) is 0 Å². The summed E-state index contributed by atoms with van der Waals surface area (Å²) in [6.45, 7) is 0. The van der Waals surface area contributed by atoms with Gasteiger partial charge in [0.25, 0.3) is 0 Å².